The van der Waals surface area contributed by atoms with Gasteiger partial charge in [0.1, 0.15) is 0 Å². The summed E-state index contributed by atoms with van der Waals surface area (Å²) < 4.78 is 0. The van der Waals surface area contributed by atoms with Crippen LogP contribution < -0.4 is 0 Å². The van der Waals surface area contributed by atoms with Crippen molar-refractivity contribution in [1.29, 1.82) is 0 Å². The molecule has 2 aliphatic rings. The lowest BCUT2D eigenvalue weighted by molar-refractivity contribution is -0.135. The van der Waals surface area contributed by atoms with Crippen molar-refractivity contribution in [3.8, 4) is 0 Å². The number of rotatable bonds is 6. The maximum Gasteiger partial charge on any atom is 0.293 e. The number of aliphatic hydroxyl groups excluding tert-OH is 1. The summed E-state index contributed by atoms with van der Waals surface area (Å²) >= 11 is 6.75. The molecule has 1 aromatic rings. The summed E-state index contributed by atoms with van der Waals surface area (Å²) in [5, 5.41) is 9.44. The zero-order valence-corrected chi connectivity index (χ0v) is 17.0. The monoisotopic (exact) mass is 422 g/mol. The molecular weight excluding hydrogens is 400 g/mol. The first-order chi connectivity index (χ1) is 13.5. The van der Waals surface area contributed by atoms with Crippen LogP contribution in [0.15, 0.2) is 29.2 Å². The van der Waals surface area contributed by atoms with Crippen LogP contribution in [0, 0.1) is 0 Å². The zero-order chi connectivity index (χ0) is 20.1. The lowest BCUT2D eigenvalue weighted by Crippen LogP contribution is -2.45. The predicted octanol–water partition coefficient (Wildman–Crippen LogP) is 3.53. The van der Waals surface area contributed by atoms with E-state index in [2.05, 4.69) is 0 Å². The van der Waals surface area contributed by atoms with Gasteiger partial charge in [-0.2, -0.15) is 0 Å². The molecule has 1 atom stereocenters. The number of likely N-dealkylation sites (tertiary alicyclic amines) is 1. The van der Waals surface area contributed by atoms with E-state index in [1.165, 1.54) is 0 Å². The van der Waals surface area contributed by atoms with E-state index in [-0.39, 0.29) is 42.7 Å². The Morgan fingerprint density at radius 2 is 2.00 bits per heavy atom. The first kappa shape index (κ1) is 20.9. The average molecular weight is 423 g/mol. The third-order valence-corrected chi connectivity index (χ3v) is 6.16. The molecule has 8 heteroatoms. The molecule has 0 spiro atoms. The summed E-state index contributed by atoms with van der Waals surface area (Å²) in [6.45, 7) is 0.790. The molecule has 1 aromatic carbocycles. The number of carbonyl (C=O) groups is 3. The third-order valence-electron chi connectivity index (χ3n) is 5.00. The lowest BCUT2D eigenvalue weighted by atomic mass is 9.99. The van der Waals surface area contributed by atoms with E-state index in [1.807, 2.05) is 0 Å². The number of hydrogen-bond acceptors (Lipinski definition) is 5. The van der Waals surface area contributed by atoms with Crippen molar-refractivity contribution in [2.24, 2.45) is 0 Å². The molecule has 0 bridgehead atoms. The van der Waals surface area contributed by atoms with E-state index >= 15 is 0 Å². The topological polar surface area (TPSA) is 77.9 Å². The molecule has 6 nitrogen and oxygen atoms in total. The molecule has 0 radical (unpaired) electrons. The SMILES string of the molecule is O=C1SC(=Cc2ccc(Cl)cc2)C(=O)N1CCC(=O)N1CCCCC1CCO. The number of halogens is 1. The molecule has 3 rings (SSSR count). The lowest BCUT2D eigenvalue weighted by Gasteiger charge is -2.36. The summed E-state index contributed by atoms with van der Waals surface area (Å²) in [7, 11) is 0. The van der Waals surface area contributed by atoms with Gasteiger partial charge in [0.05, 0.1) is 4.91 Å². The number of carbonyl (C=O) groups excluding carboxylic acids is 3. The van der Waals surface area contributed by atoms with Gasteiger partial charge in [0, 0.05) is 37.2 Å². The Labute approximate surface area is 173 Å². The maximum absolute atomic E-state index is 12.6. The van der Waals surface area contributed by atoms with Crippen LogP contribution in [0.25, 0.3) is 6.08 Å². The molecule has 1 unspecified atom stereocenters. The van der Waals surface area contributed by atoms with E-state index in [0.29, 0.717) is 22.9 Å². The van der Waals surface area contributed by atoms with E-state index < -0.39 is 0 Å². The Kier molecular flexibility index (Phi) is 7.15. The van der Waals surface area contributed by atoms with Gasteiger partial charge in [-0.15, -0.1) is 0 Å². The summed E-state index contributed by atoms with van der Waals surface area (Å²) in [6.07, 6.45) is 5.21. The number of piperidine rings is 1. The molecule has 28 heavy (non-hydrogen) atoms. The van der Waals surface area contributed by atoms with Crippen molar-refractivity contribution < 1.29 is 19.5 Å². The molecular formula is C20H23ClN2O4S. The van der Waals surface area contributed by atoms with Gasteiger partial charge in [-0.25, -0.2) is 0 Å². The van der Waals surface area contributed by atoms with Crippen molar-refractivity contribution in [2.75, 3.05) is 19.7 Å². The zero-order valence-electron chi connectivity index (χ0n) is 15.5. The molecule has 2 saturated heterocycles. The number of hydrogen-bond donors (Lipinski definition) is 1. The number of thioether (sulfide) groups is 1. The fourth-order valence-corrected chi connectivity index (χ4v) is 4.52. The molecule has 1 N–H and O–H groups in total. The molecule has 2 heterocycles. The second-order valence-electron chi connectivity index (χ2n) is 6.88. The van der Waals surface area contributed by atoms with Gasteiger partial charge in [0.2, 0.25) is 5.91 Å². The smallest absolute Gasteiger partial charge is 0.293 e. The van der Waals surface area contributed by atoms with Crippen LogP contribution >= 0.6 is 23.4 Å². The van der Waals surface area contributed by atoms with Crippen LogP contribution in [0.5, 0.6) is 0 Å². The van der Waals surface area contributed by atoms with Crippen molar-refractivity contribution in [2.45, 2.75) is 38.1 Å². The normalized spacial score (nSPS) is 21.6. The minimum Gasteiger partial charge on any atom is -0.396 e. The van der Waals surface area contributed by atoms with Crippen LogP contribution in [0.2, 0.25) is 5.02 Å². The Morgan fingerprint density at radius 3 is 2.71 bits per heavy atom. The largest absolute Gasteiger partial charge is 0.396 e. The number of benzene rings is 1. The van der Waals surface area contributed by atoms with E-state index in [0.717, 1.165) is 41.5 Å². The van der Waals surface area contributed by atoms with E-state index in [9.17, 15) is 19.5 Å². The van der Waals surface area contributed by atoms with E-state index in [4.69, 9.17) is 11.6 Å². The molecule has 0 aromatic heterocycles. The third kappa shape index (κ3) is 4.96. The standard InChI is InChI=1S/C20H23ClN2O4S/c21-15-6-4-14(5-7-15)13-17-19(26)23(20(27)28-17)11-8-18(25)22-10-2-1-3-16(22)9-12-24/h4-7,13,16,24H,1-3,8-12H2. The Morgan fingerprint density at radius 1 is 1.25 bits per heavy atom. The van der Waals surface area contributed by atoms with Crippen LogP contribution in [0.1, 0.15) is 37.7 Å². The molecule has 2 fully saturated rings. The Balaban J connectivity index is 1.61. The highest BCUT2D eigenvalue weighted by molar-refractivity contribution is 8.18. The van der Waals surface area contributed by atoms with Gasteiger partial charge in [-0.05, 0) is 61.2 Å². The maximum atomic E-state index is 12.6. The van der Waals surface area contributed by atoms with Crippen molar-refractivity contribution in [3.63, 3.8) is 0 Å². The van der Waals surface area contributed by atoms with Gasteiger partial charge >= 0.3 is 0 Å². The van der Waals surface area contributed by atoms with Crippen molar-refractivity contribution in [1.82, 2.24) is 9.80 Å². The fraction of sp³-hybridized carbons (Fsp3) is 0.450. The van der Waals surface area contributed by atoms with Crippen molar-refractivity contribution >= 4 is 46.5 Å². The number of aliphatic hydroxyl groups is 1. The van der Waals surface area contributed by atoms with Crippen LogP contribution in [-0.2, 0) is 9.59 Å². The average Bonchev–Trinajstić information content (AvgIpc) is 2.95. The summed E-state index contributed by atoms with van der Waals surface area (Å²) in [4.78, 5) is 40.7. The van der Waals surface area contributed by atoms with Crippen molar-refractivity contribution in [3.05, 3.63) is 39.8 Å². The molecule has 2 aliphatic heterocycles. The van der Waals surface area contributed by atoms with Gasteiger partial charge in [0.25, 0.3) is 11.1 Å². The molecule has 0 saturated carbocycles. The van der Waals surface area contributed by atoms with Crippen LogP contribution in [0.3, 0.4) is 0 Å². The fourth-order valence-electron chi connectivity index (χ4n) is 3.53. The van der Waals surface area contributed by atoms with Gasteiger partial charge in [-0.1, -0.05) is 23.7 Å². The summed E-state index contributed by atoms with van der Waals surface area (Å²) in [5.41, 5.74) is 0.783. The quantitative estimate of drug-likeness (QED) is 0.709. The second-order valence-corrected chi connectivity index (χ2v) is 8.31. The first-order valence-corrected chi connectivity index (χ1v) is 10.6. The van der Waals surface area contributed by atoms with Gasteiger partial charge in [-0.3, -0.25) is 19.3 Å². The summed E-state index contributed by atoms with van der Waals surface area (Å²) in [5.74, 6) is -0.442. The van der Waals surface area contributed by atoms with Gasteiger partial charge < -0.3 is 10.0 Å². The number of amides is 3. The highest BCUT2D eigenvalue weighted by atomic mass is 35.5. The van der Waals surface area contributed by atoms with Crippen LogP contribution in [0.4, 0.5) is 4.79 Å². The Bertz CT molecular complexity index is 779. The van der Waals surface area contributed by atoms with E-state index in [1.54, 1.807) is 35.2 Å². The van der Waals surface area contributed by atoms with Gasteiger partial charge in [0.15, 0.2) is 0 Å². The molecule has 150 valence electrons. The predicted molar refractivity (Wildman–Crippen MR) is 110 cm³/mol. The minimum absolute atomic E-state index is 0.0472. The highest BCUT2D eigenvalue weighted by Gasteiger charge is 2.36. The molecule has 0 aliphatic carbocycles. The second kappa shape index (κ2) is 9.58. The summed E-state index contributed by atoms with van der Waals surface area (Å²) in [6, 6.07) is 7.04. The Hall–Kier alpha value is -1.83. The minimum atomic E-state index is -0.372. The van der Waals surface area contributed by atoms with Crippen LogP contribution in [-0.4, -0.2) is 57.7 Å². The number of nitrogens with zero attached hydrogens (tertiary/aromatic N) is 2. The molecule has 3 amide bonds. The number of imide groups is 1. The highest BCUT2D eigenvalue weighted by Crippen LogP contribution is 2.32. The first-order valence-electron chi connectivity index (χ1n) is 9.41.